The van der Waals surface area contributed by atoms with Crippen LogP contribution in [0.5, 0.6) is 0 Å². The summed E-state index contributed by atoms with van der Waals surface area (Å²) in [5.41, 5.74) is 3.01. The molecule has 2 rings (SSSR count). The average Bonchev–Trinajstić information content (AvgIpc) is 2.83. The standard InChI is InChI=1S/C11H12N4O4S2/c1-7-3-2-4-8(5-7)14-21(18,19)10-6-9(15(16)17)11(13-12)20-10/h2-6,13-14H,12H2,1H3. The van der Waals surface area contributed by atoms with Crippen molar-refractivity contribution in [1.29, 1.82) is 0 Å². The second-order valence-electron chi connectivity index (χ2n) is 4.16. The summed E-state index contributed by atoms with van der Waals surface area (Å²) >= 11 is 0.690. The number of aryl methyl sites for hydroxylation is 1. The largest absolute Gasteiger partial charge is 0.310 e. The summed E-state index contributed by atoms with van der Waals surface area (Å²) < 4.78 is 26.6. The fourth-order valence-corrected chi connectivity index (χ4v) is 3.93. The molecule has 1 aromatic heterocycles. The van der Waals surface area contributed by atoms with Crippen molar-refractivity contribution in [2.45, 2.75) is 11.1 Å². The van der Waals surface area contributed by atoms with Crippen molar-refractivity contribution in [3.63, 3.8) is 0 Å². The summed E-state index contributed by atoms with van der Waals surface area (Å²) in [7, 11) is -3.91. The van der Waals surface area contributed by atoms with Crippen LogP contribution in [-0.4, -0.2) is 13.3 Å². The molecular formula is C11H12N4O4S2. The molecule has 0 saturated heterocycles. The number of nitro groups is 1. The minimum atomic E-state index is -3.91. The number of thiophene rings is 1. The maximum atomic E-state index is 12.2. The van der Waals surface area contributed by atoms with Crippen molar-refractivity contribution in [2.75, 3.05) is 10.1 Å². The van der Waals surface area contributed by atoms with Crippen molar-refractivity contribution in [2.24, 2.45) is 5.84 Å². The van der Waals surface area contributed by atoms with Gasteiger partial charge in [-0.2, -0.15) is 0 Å². The first-order valence-corrected chi connectivity index (χ1v) is 7.98. The Morgan fingerprint density at radius 3 is 2.57 bits per heavy atom. The quantitative estimate of drug-likeness (QED) is 0.438. The highest BCUT2D eigenvalue weighted by Crippen LogP contribution is 2.36. The molecule has 0 spiro atoms. The molecule has 0 saturated carbocycles. The Morgan fingerprint density at radius 2 is 2.05 bits per heavy atom. The maximum Gasteiger partial charge on any atom is 0.306 e. The van der Waals surface area contributed by atoms with Gasteiger partial charge in [0.1, 0.15) is 4.21 Å². The van der Waals surface area contributed by atoms with Crippen LogP contribution in [0.25, 0.3) is 0 Å². The number of nitrogen functional groups attached to an aromatic ring is 1. The molecule has 8 nitrogen and oxygen atoms in total. The average molecular weight is 328 g/mol. The smallest absolute Gasteiger partial charge is 0.306 e. The number of nitrogens with one attached hydrogen (secondary N) is 2. The van der Waals surface area contributed by atoms with E-state index in [1.807, 2.05) is 13.0 Å². The van der Waals surface area contributed by atoms with Gasteiger partial charge in [-0.15, -0.1) is 0 Å². The van der Waals surface area contributed by atoms with E-state index in [9.17, 15) is 18.5 Å². The van der Waals surface area contributed by atoms with E-state index in [2.05, 4.69) is 10.1 Å². The van der Waals surface area contributed by atoms with Crippen LogP contribution in [0.1, 0.15) is 5.56 Å². The molecule has 1 aromatic carbocycles. The highest BCUT2D eigenvalue weighted by molar-refractivity contribution is 7.94. The minimum absolute atomic E-state index is 0.0235. The van der Waals surface area contributed by atoms with Gasteiger partial charge >= 0.3 is 5.69 Å². The monoisotopic (exact) mass is 328 g/mol. The molecule has 0 aliphatic heterocycles. The van der Waals surface area contributed by atoms with E-state index < -0.39 is 14.9 Å². The third-order valence-corrected chi connectivity index (χ3v) is 5.46. The SMILES string of the molecule is Cc1cccc(NS(=O)(=O)c2cc([N+](=O)[O-])c(NN)s2)c1. The van der Waals surface area contributed by atoms with Gasteiger partial charge in [-0.3, -0.25) is 14.8 Å². The lowest BCUT2D eigenvalue weighted by Crippen LogP contribution is -2.11. The van der Waals surface area contributed by atoms with Gasteiger partial charge in [0.05, 0.1) is 4.92 Å². The van der Waals surface area contributed by atoms with E-state index >= 15 is 0 Å². The van der Waals surface area contributed by atoms with Crippen LogP contribution in [-0.2, 0) is 10.0 Å². The predicted octanol–water partition coefficient (Wildman–Crippen LogP) is 2.05. The van der Waals surface area contributed by atoms with Gasteiger partial charge in [-0.25, -0.2) is 14.3 Å². The van der Waals surface area contributed by atoms with Crippen molar-refractivity contribution in [3.8, 4) is 0 Å². The number of hydrazine groups is 1. The van der Waals surface area contributed by atoms with E-state index in [0.717, 1.165) is 11.6 Å². The molecule has 1 heterocycles. The molecule has 0 atom stereocenters. The number of nitrogens with zero attached hydrogens (tertiary/aromatic N) is 1. The highest BCUT2D eigenvalue weighted by Gasteiger charge is 2.25. The highest BCUT2D eigenvalue weighted by atomic mass is 32.2. The van der Waals surface area contributed by atoms with Crippen LogP contribution in [0, 0.1) is 17.0 Å². The lowest BCUT2D eigenvalue weighted by molar-refractivity contribution is -0.383. The number of sulfonamides is 1. The lowest BCUT2D eigenvalue weighted by Gasteiger charge is -2.06. The molecule has 21 heavy (non-hydrogen) atoms. The first kappa shape index (κ1) is 15.2. The normalized spacial score (nSPS) is 11.1. The van der Waals surface area contributed by atoms with E-state index in [-0.39, 0.29) is 14.9 Å². The van der Waals surface area contributed by atoms with Gasteiger partial charge in [0, 0.05) is 11.8 Å². The van der Waals surface area contributed by atoms with E-state index in [0.29, 0.717) is 17.0 Å². The maximum absolute atomic E-state index is 12.2. The third-order valence-electron chi connectivity index (χ3n) is 2.55. The van der Waals surface area contributed by atoms with Crippen LogP contribution in [0.4, 0.5) is 16.4 Å². The first-order chi connectivity index (χ1) is 9.83. The molecule has 2 aromatic rings. The molecule has 10 heteroatoms. The molecular weight excluding hydrogens is 316 g/mol. The van der Waals surface area contributed by atoms with Crippen LogP contribution in [0.15, 0.2) is 34.5 Å². The third kappa shape index (κ3) is 3.29. The van der Waals surface area contributed by atoms with E-state index in [1.54, 1.807) is 18.2 Å². The second kappa shape index (κ2) is 5.68. The number of rotatable bonds is 5. The lowest BCUT2D eigenvalue weighted by atomic mass is 10.2. The van der Waals surface area contributed by atoms with Crippen molar-refractivity contribution in [1.82, 2.24) is 0 Å². The van der Waals surface area contributed by atoms with Crippen molar-refractivity contribution >= 4 is 37.7 Å². The number of benzene rings is 1. The summed E-state index contributed by atoms with van der Waals surface area (Å²) in [5.74, 6) is 5.16. The molecule has 0 amide bonds. The van der Waals surface area contributed by atoms with Crippen LogP contribution in [0.2, 0.25) is 0 Å². The zero-order chi connectivity index (χ0) is 15.6. The summed E-state index contributed by atoms with van der Waals surface area (Å²) in [6, 6.07) is 7.75. The van der Waals surface area contributed by atoms with Crippen LogP contribution >= 0.6 is 11.3 Å². The van der Waals surface area contributed by atoms with Crippen molar-refractivity contribution in [3.05, 3.63) is 46.0 Å². The fourth-order valence-electron chi connectivity index (χ4n) is 1.64. The molecule has 4 N–H and O–H groups in total. The zero-order valence-corrected chi connectivity index (χ0v) is 12.5. The number of hydrogen-bond donors (Lipinski definition) is 3. The van der Waals surface area contributed by atoms with Gasteiger partial charge < -0.3 is 5.43 Å². The predicted molar refractivity (Wildman–Crippen MR) is 80.8 cm³/mol. The molecule has 0 fully saturated rings. The van der Waals surface area contributed by atoms with Gasteiger partial charge in [0.25, 0.3) is 10.0 Å². The molecule has 0 bridgehead atoms. The topological polar surface area (TPSA) is 127 Å². The van der Waals surface area contributed by atoms with Gasteiger partial charge in [-0.05, 0) is 24.6 Å². The van der Waals surface area contributed by atoms with Gasteiger partial charge in [0.2, 0.25) is 0 Å². The Hall–Kier alpha value is -2.17. The zero-order valence-electron chi connectivity index (χ0n) is 10.9. The van der Waals surface area contributed by atoms with Crippen LogP contribution < -0.4 is 16.0 Å². The number of nitrogens with two attached hydrogens (primary N) is 1. The Bertz CT molecular complexity index is 785. The Kier molecular flexibility index (Phi) is 4.11. The molecule has 0 aliphatic carbocycles. The van der Waals surface area contributed by atoms with Gasteiger partial charge in [0.15, 0.2) is 5.00 Å². The summed E-state index contributed by atoms with van der Waals surface area (Å²) in [6.45, 7) is 1.82. The first-order valence-electron chi connectivity index (χ1n) is 5.68. The number of anilines is 2. The fraction of sp³-hybridized carbons (Fsp3) is 0.0909. The molecule has 0 unspecified atom stereocenters. The molecule has 0 radical (unpaired) electrons. The summed E-state index contributed by atoms with van der Waals surface area (Å²) in [5, 5.41) is 10.8. The Morgan fingerprint density at radius 1 is 1.33 bits per heavy atom. The van der Waals surface area contributed by atoms with Crippen LogP contribution in [0.3, 0.4) is 0 Å². The van der Waals surface area contributed by atoms with Crippen molar-refractivity contribution < 1.29 is 13.3 Å². The molecule has 112 valence electrons. The Balaban J connectivity index is 2.38. The molecule has 0 aliphatic rings. The summed E-state index contributed by atoms with van der Waals surface area (Å²) in [6.07, 6.45) is 0. The Labute approximate surface area is 124 Å². The van der Waals surface area contributed by atoms with Gasteiger partial charge in [-0.1, -0.05) is 23.5 Å². The van der Waals surface area contributed by atoms with E-state index in [4.69, 9.17) is 5.84 Å². The second-order valence-corrected chi connectivity index (χ2v) is 7.12. The minimum Gasteiger partial charge on any atom is -0.310 e. The number of hydrogen-bond acceptors (Lipinski definition) is 7. The summed E-state index contributed by atoms with van der Waals surface area (Å²) in [4.78, 5) is 10.1. The van der Waals surface area contributed by atoms with E-state index in [1.165, 1.54) is 0 Å².